The van der Waals surface area contributed by atoms with Crippen LogP contribution in [0.2, 0.25) is 0 Å². The Bertz CT molecular complexity index is 718. The van der Waals surface area contributed by atoms with Gasteiger partial charge >= 0.3 is 6.03 Å². The predicted octanol–water partition coefficient (Wildman–Crippen LogP) is 3.81. The van der Waals surface area contributed by atoms with Gasteiger partial charge in [-0.2, -0.15) is 0 Å². The molecule has 1 saturated heterocycles. The van der Waals surface area contributed by atoms with Crippen LogP contribution in [0.1, 0.15) is 31.1 Å². The van der Waals surface area contributed by atoms with Crippen LogP contribution in [0.4, 0.5) is 20.7 Å². The SMILES string of the molecule is CC(C)c1scnc1NC(=O)NC1CCN(c2ccccc2F)C1. The number of thiazole rings is 1. The molecule has 1 aliphatic rings. The number of amides is 2. The van der Waals surface area contributed by atoms with Crippen LogP contribution in [0.15, 0.2) is 29.8 Å². The van der Waals surface area contributed by atoms with Crippen LogP contribution >= 0.6 is 11.3 Å². The van der Waals surface area contributed by atoms with Crippen molar-refractivity contribution in [2.45, 2.75) is 32.2 Å². The van der Waals surface area contributed by atoms with Gasteiger partial charge in [-0.3, -0.25) is 5.32 Å². The van der Waals surface area contributed by atoms with Gasteiger partial charge in [0.15, 0.2) is 0 Å². The number of anilines is 2. The lowest BCUT2D eigenvalue weighted by Crippen LogP contribution is -2.40. The molecule has 2 N–H and O–H groups in total. The quantitative estimate of drug-likeness (QED) is 0.883. The van der Waals surface area contributed by atoms with Gasteiger partial charge in [-0.15, -0.1) is 11.3 Å². The first-order valence-electron chi connectivity index (χ1n) is 8.05. The average molecular weight is 348 g/mol. The highest BCUT2D eigenvalue weighted by Crippen LogP contribution is 2.27. The molecule has 1 aromatic heterocycles. The molecule has 5 nitrogen and oxygen atoms in total. The molecule has 0 bridgehead atoms. The number of carbonyl (C=O) groups excluding carboxylic acids is 1. The molecule has 0 aliphatic carbocycles. The maximum absolute atomic E-state index is 13.9. The summed E-state index contributed by atoms with van der Waals surface area (Å²) in [5, 5.41) is 5.77. The molecule has 1 atom stereocenters. The van der Waals surface area contributed by atoms with Gasteiger partial charge in [0.1, 0.15) is 11.6 Å². The second-order valence-electron chi connectivity index (χ2n) is 6.20. The number of nitrogens with zero attached hydrogens (tertiary/aromatic N) is 2. The molecule has 0 spiro atoms. The molecular weight excluding hydrogens is 327 g/mol. The van der Waals surface area contributed by atoms with E-state index in [1.165, 1.54) is 17.4 Å². The minimum Gasteiger partial charge on any atom is -0.367 e. The summed E-state index contributed by atoms with van der Waals surface area (Å²) in [5.74, 6) is 0.707. The van der Waals surface area contributed by atoms with Gasteiger partial charge < -0.3 is 10.2 Å². The maximum atomic E-state index is 13.9. The number of halogens is 1. The summed E-state index contributed by atoms with van der Waals surface area (Å²) in [6.07, 6.45) is 0.788. The van der Waals surface area contributed by atoms with Crippen LogP contribution in [-0.2, 0) is 0 Å². The molecule has 2 aromatic rings. The van der Waals surface area contributed by atoms with Crippen molar-refractivity contribution < 1.29 is 9.18 Å². The number of para-hydroxylation sites is 1. The van der Waals surface area contributed by atoms with E-state index in [2.05, 4.69) is 29.5 Å². The van der Waals surface area contributed by atoms with Gasteiger partial charge in [-0.1, -0.05) is 26.0 Å². The first kappa shape index (κ1) is 16.7. The predicted molar refractivity (Wildman–Crippen MR) is 95.4 cm³/mol. The third-order valence-corrected chi connectivity index (χ3v) is 5.20. The van der Waals surface area contributed by atoms with Crippen LogP contribution in [0, 0.1) is 5.82 Å². The van der Waals surface area contributed by atoms with E-state index in [0.717, 1.165) is 17.8 Å². The monoisotopic (exact) mass is 348 g/mol. The van der Waals surface area contributed by atoms with Gasteiger partial charge in [0, 0.05) is 19.1 Å². The Hall–Kier alpha value is -2.15. The normalized spacial score (nSPS) is 17.3. The lowest BCUT2D eigenvalue weighted by atomic mass is 10.2. The van der Waals surface area contributed by atoms with Gasteiger partial charge in [0.05, 0.1) is 16.1 Å². The van der Waals surface area contributed by atoms with E-state index in [1.54, 1.807) is 17.6 Å². The van der Waals surface area contributed by atoms with Crippen LogP contribution in [0.5, 0.6) is 0 Å². The molecule has 0 radical (unpaired) electrons. The highest BCUT2D eigenvalue weighted by atomic mass is 32.1. The molecule has 24 heavy (non-hydrogen) atoms. The summed E-state index contributed by atoms with van der Waals surface area (Å²) in [6.45, 7) is 5.46. The molecule has 2 amide bonds. The smallest absolute Gasteiger partial charge is 0.320 e. The molecule has 3 rings (SSSR count). The van der Waals surface area contributed by atoms with Crippen LogP contribution in [0.3, 0.4) is 0 Å². The van der Waals surface area contributed by atoms with Crippen molar-refractivity contribution in [3.63, 3.8) is 0 Å². The van der Waals surface area contributed by atoms with E-state index >= 15 is 0 Å². The Balaban J connectivity index is 1.56. The van der Waals surface area contributed by atoms with Gasteiger partial charge in [0.25, 0.3) is 0 Å². The zero-order valence-corrected chi connectivity index (χ0v) is 14.6. The number of hydrogen-bond acceptors (Lipinski definition) is 4. The Morgan fingerprint density at radius 3 is 2.96 bits per heavy atom. The number of benzene rings is 1. The first-order valence-corrected chi connectivity index (χ1v) is 8.93. The molecule has 1 aliphatic heterocycles. The average Bonchev–Trinajstić information content (AvgIpc) is 3.17. The van der Waals surface area contributed by atoms with E-state index in [9.17, 15) is 9.18 Å². The Morgan fingerprint density at radius 2 is 2.21 bits per heavy atom. The van der Waals surface area contributed by atoms with Crippen molar-refractivity contribution >= 4 is 28.9 Å². The first-order chi connectivity index (χ1) is 11.5. The third-order valence-electron chi connectivity index (χ3n) is 4.07. The van der Waals surface area contributed by atoms with Crippen LogP contribution < -0.4 is 15.5 Å². The molecule has 7 heteroatoms. The molecule has 1 aromatic carbocycles. The van der Waals surface area contributed by atoms with E-state index in [0.29, 0.717) is 24.0 Å². The van der Waals surface area contributed by atoms with Crippen molar-refractivity contribution in [3.8, 4) is 0 Å². The highest BCUT2D eigenvalue weighted by molar-refractivity contribution is 7.10. The number of rotatable bonds is 4. The van der Waals surface area contributed by atoms with Crippen LogP contribution in [-0.4, -0.2) is 30.1 Å². The minimum atomic E-state index is -0.261. The Kier molecular flexibility index (Phi) is 4.99. The Morgan fingerprint density at radius 1 is 1.42 bits per heavy atom. The standard InChI is InChI=1S/C17H21FN4OS/c1-11(2)15-16(19-10-24-15)21-17(23)20-12-7-8-22(9-12)14-6-4-3-5-13(14)18/h3-6,10-12H,7-9H2,1-2H3,(H2,20,21,23). The summed E-state index contributed by atoms with van der Waals surface area (Å²) in [7, 11) is 0. The molecular formula is C17H21FN4OS. The zero-order valence-electron chi connectivity index (χ0n) is 13.8. The fourth-order valence-corrected chi connectivity index (χ4v) is 3.65. The van der Waals surface area contributed by atoms with Gasteiger partial charge in [-0.25, -0.2) is 14.2 Å². The number of carbonyl (C=O) groups is 1. The van der Waals surface area contributed by atoms with Crippen molar-refractivity contribution in [2.24, 2.45) is 0 Å². The third kappa shape index (κ3) is 3.67. The fourth-order valence-electron chi connectivity index (χ4n) is 2.89. The second-order valence-corrected chi connectivity index (χ2v) is 7.09. The summed E-state index contributed by atoms with van der Waals surface area (Å²) < 4.78 is 13.9. The summed E-state index contributed by atoms with van der Waals surface area (Å²) in [4.78, 5) is 19.4. The number of hydrogen-bond donors (Lipinski definition) is 2. The zero-order chi connectivity index (χ0) is 17.1. The summed E-state index contributed by atoms with van der Waals surface area (Å²) >= 11 is 1.54. The van der Waals surface area contributed by atoms with E-state index in [1.807, 2.05) is 11.0 Å². The molecule has 0 saturated carbocycles. The van der Waals surface area contributed by atoms with Crippen molar-refractivity contribution in [1.29, 1.82) is 0 Å². The van der Waals surface area contributed by atoms with Crippen molar-refractivity contribution in [3.05, 3.63) is 40.5 Å². The molecule has 1 fully saturated rings. The molecule has 1 unspecified atom stereocenters. The van der Waals surface area contributed by atoms with E-state index in [4.69, 9.17) is 0 Å². The molecule has 128 valence electrons. The highest BCUT2D eigenvalue weighted by Gasteiger charge is 2.26. The Labute approximate surface area is 144 Å². The fraction of sp³-hybridized carbons (Fsp3) is 0.412. The van der Waals surface area contributed by atoms with Crippen LogP contribution in [0.25, 0.3) is 0 Å². The number of urea groups is 1. The lowest BCUT2D eigenvalue weighted by molar-refractivity contribution is 0.249. The molecule has 2 heterocycles. The summed E-state index contributed by atoms with van der Waals surface area (Å²) in [6, 6.07) is 6.45. The van der Waals surface area contributed by atoms with Crippen molar-refractivity contribution in [2.75, 3.05) is 23.3 Å². The lowest BCUT2D eigenvalue weighted by Gasteiger charge is -2.19. The largest absolute Gasteiger partial charge is 0.367 e. The second kappa shape index (κ2) is 7.17. The van der Waals surface area contributed by atoms with E-state index < -0.39 is 0 Å². The maximum Gasteiger partial charge on any atom is 0.320 e. The number of aromatic nitrogens is 1. The van der Waals surface area contributed by atoms with E-state index in [-0.39, 0.29) is 17.9 Å². The number of nitrogens with one attached hydrogen (secondary N) is 2. The summed E-state index contributed by atoms with van der Waals surface area (Å²) in [5.41, 5.74) is 2.32. The van der Waals surface area contributed by atoms with Crippen molar-refractivity contribution in [1.82, 2.24) is 10.3 Å². The van der Waals surface area contributed by atoms with Gasteiger partial charge in [0.2, 0.25) is 0 Å². The van der Waals surface area contributed by atoms with Gasteiger partial charge in [-0.05, 0) is 24.5 Å². The minimum absolute atomic E-state index is 0.00857. The topological polar surface area (TPSA) is 57.3 Å².